The summed E-state index contributed by atoms with van der Waals surface area (Å²) in [5.41, 5.74) is 4.20. The van der Waals surface area contributed by atoms with E-state index < -0.39 is 0 Å². The first kappa shape index (κ1) is 15.1. The molecule has 0 aliphatic carbocycles. The number of carbonyl (C=O) groups excluding carboxylic acids is 1. The quantitative estimate of drug-likeness (QED) is 0.806. The molecule has 0 saturated carbocycles. The van der Waals surface area contributed by atoms with Crippen molar-refractivity contribution in [2.75, 3.05) is 14.1 Å². The fraction of sp³-hybridized carbons (Fsp3) is 0.222. The summed E-state index contributed by atoms with van der Waals surface area (Å²) in [4.78, 5) is 17.8. The van der Waals surface area contributed by atoms with E-state index in [-0.39, 0.29) is 12.1 Å². The molecule has 1 unspecified atom stereocenters. The van der Waals surface area contributed by atoms with Crippen LogP contribution >= 0.6 is 0 Å². The third-order valence-corrected chi connectivity index (χ3v) is 4.22. The molecule has 0 saturated heterocycles. The summed E-state index contributed by atoms with van der Waals surface area (Å²) in [6.45, 7) is 2.01. The van der Waals surface area contributed by atoms with E-state index in [1.165, 1.54) is 0 Å². The molecule has 0 bridgehead atoms. The Balaban J connectivity index is 1.89. The molecule has 1 aromatic heterocycles. The van der Waals surface area contributed by atoms with Gasteiger partial charge in [-0.1, -0.05) is 24.3 Å². The predicted octanol–water partition coefficient (Wildman–Crippen LogP) is 3.36. The molecule has 23 heavy (non-hydrogen) atoms. The van der Waals surface area contributed by atoms with Crippen LogP contribution in [0.2, 0.25) is 0 Å². The van der Waals surface area contributed by atoms with E-state index in [2.05, 4.69) is 33.1 Å². The van der Waals surface area contributed by atoms with Crippen LogP contribution in [-0.4, -0.2) is 34.6 Å². The Labute approximate surface area is 135 Å². The molecule has 1 atom stereocenters. The van der Waals surface area contributed by atoms with E-state index in [9.17, 15) is 4.79 Å². The van der Waals surface area contributed by atoms with Crippen molar-refractivity contribution in [3.05, 3.63) is 60.4 Å². The van der Waals surface area contributed by atoms with Gasteiger partial charge in [0.05, 0.1) is 17.1 Å². The highest BCUT2D eigenvalue weighted by molar-refractivity contribution is 5.77. The number of para-hydroxylation sites is 2. The lowest BCUT2D eigenvalue weighted by Gasteiger charge is -2.25. The number of benzene rings is 2. The summed E-state index contributed by atoms with van der Waals surface area (Å²) < 4.78 is 2.06. The van der Waals surface area contributed by atoms with Gasteiger partial charge in [-0.05, 0) is 36.8 Å². The van der Waals surface area contributed by atoms with Crippen LogP contribution in [0.3, 0.4) is 0 Å². The van der Waals surface area contributed by atoms with Gasteiger partial charge in [0.1, 0.15) is 6.33 Å². The largest absolute Gasteiger partial charge is 0.341 e. The highest BCUT2D eigenvalue weighted by Gasteiger charge is 2.16. The molecule has 5 nitrogen and oxygen atoms in total. The second kappa shape index (κ2) is 6.12. The van der Waals surface area contributed by atoms with Crippen LogP contribution in [0.1, 0.15) is 18.5 Å². The number of imidazole rings is 1. The second-order valence-corrected chi connectivity index (χ2v) is 5.54. The van der Waals surface area contributed by atoms with E-state index >= 15 is 0 Å². The first-order valence-electron chi connectivity index (χ1n) is 7.59. The number of urea groups is 1. The van der Waals surface area contributed by atoms with Gasteiger partial charge in [0.15, 0.2) is 0 Å². The zero-order valence-corrected chi connectivity index (χ0v) is 13.5. The van der Waals surface area contributed by atoms with Gasteiger partial charge < -0.3 is 10.2 Å². The van der Waals surface area contributed by atoms with Gasteiger partial charge in [-0.15, -0.1) is 0 Å². The van der Waals surface area contributed by atoms with E-state index in [1.807, 2.05) is 43.6 Å². The first-order valence-corrected chi connectivity index (χ1v) is 7.59. The number of carbonyl (C=O) groups is 1. The summed E-state index contributed by atoms with van der Waals surface area (Å²) in [6, 6.07) is 16.2. The van der Waals surface area contributed by atoms with Crippen molar-refractivity contribution in [2.24, 2.45) is 0 Å². The molecular weight excluding hydrogens is 288 g/mol. The minimum Gasteiger partial charge on any atom is -0.341 e. The highest BCUT2D eigenvalue weighted by Crippen LogP contribution is 2.22. The number of nitrogens with zero attached hydrogens (tertiary/aromatic N) is 3. The van der Waals surface area contributed by atoms with Crippen LogP contribution in [0.4, 0.5) is 4.79 Å². The Hall–Kier alpha value is -2.82. The summed E-state index contributed by atoms with van der Waals surface area (Å²) in [6.07, 6.45) is 1.83. The molecule has 2 aromatic carbocycles. The molecule has 0 spiro atoms. The van der Waals surface area contributed by atoms with Crippen molar-refractivity contribution in [1.29, 1.82) is 0 Å². The van der Waals surface area contributed by atoms with Crippen molar-refractivity contribution >= 4 is 17.1 Å². The van der Waals surface area contributed by atoms with Gasteiger partial charge in [0.25, 0.3) is 0 Å². The summed E-state index contributed by atoms with van der Waals surface area (Å²) in [5.74, 6) is 0. The normalized spacial score (nSPS) is 12.1. The van der Waals surface area contributed by atoms with Gasteiger partial charge in [0.2, 0.25) is 0 Å². The van der Waals surface area contributed by atoms with Crippen molar-refractivity contribution in [1.82, 2.24) is 19.8 Å². The Bertz CT molecular complexity index is 822. The number of fused-ring (bicyclic) bond motifs is 1. The second-order valence-electron chi connectivity index (χ2n) is 5.54. The molecule has 1 heterocycles. The predicted molar refractivity (Wildman–Crippen MR) is 91.7 cm³/mol. The molecule has 3 aromatic rings. The maximum Gasteiger partial charge on any atom is 0.317 e. The van der Waals surface area contributed by atoms with Crippen molar-refractivity contribution in [3.63, 3.8) is 0 Å². The van der Waals surface area contributed by atoms with Gasteiger partial charge in [-0.3, -0.25) is 4.57 Å². The van der Waals surface area contributed by atoms with Crippen LogP contribution in [0, 0.1) is 0 Å². The molecule has 118 valence electrons. The maximum absolute atomic E-state index is 11.7. The lowest BCUT2D eigenvalue weighted by atomic mass is 10.1. The number of aromatic nitrogens is 2. The molecule has 0 radical (unpaired) electrons. The molecule has 0 aliphatic heterocycles. The summed E-state index contributed by atoms with van der Waals surface area (Å²) >= 11 is 0. The monoisotopic (exact) mass is 308 g/mol. The van der Waals surface area contributed by atoms with E-state index in [0.717, 1.165) is 22.3 Å². The maximum atomic E-state index is 11.7. The van der Waals surface area contributed by atoms with Gasteiger partial charge >= 0.3 is 6.03 Å². The van der Waals surface area contributed by atoms with Crippen LogP contribution < -0.4 is 5.32 Å². The van der Waals surface area contributed by atoms with Crippen LogP contribution in [0.15, 0.2) is 54.9 Å². The summed E-state index contributed by atoms with van der Waals surface area (Å²) in [7, 11) is 3.43. The minimum absolute atomic E-state index is 0.00327. The highest BCUT2D eigenvalue weighted by atomic mass is 16.2. The van der Waals surface area contributed by atoms with Crippen molar-refractivity contribution < 1.29 is 4.79 Å². The number of amides is 2. The topological polar surface area (TPSA) is 50.2 Å². The average Bonchev–Trinajstić information content (AvgIpc) is 3.04. The van der Waals surface area contributed by atoms with E-state index in [1.54, 1.807) is 19.0 Å². The standard InChI is InChI=1S/C18H20N4O/c1-13(21(3)18(23)19-2)14-8-10-15(11-9-14)22-12-20-16-6-4-5-7-17(16)22/h4-13H,1-3H3,(H,19,23). The van der Waals surface area contributed by atoms with Gasteiger partial charge in [-0.25, -0.2) is 9.78 Å². The van der Waals surface area contributed by atoms with E-state index in [4.69, 9.17) is 0 Å². The summed E-state index contributed by atoms with van der Waals surface area (Å²) in [5, 5.41) is 2.64. The fourth-order valence-corrected chi connectivity index (χ4v) is 2.65. The first-order chi connectivity index (χ1) is 11.1. The Morgan fingerprint density at radius 2 is 1.87 bits per heavy atom. The van der Waals surface area contributed by atoms with Gasteiger partial charge in [0, 0.05) is 19.8 Å². The number of rotatable bonds is 3. The molecule has 5 heteroatoms. The number of hydrogen-bond donors (Lipinski definition) is 1. The lowest BCUT2D eigenvalue weighted by molar-refractivity contribution is 0.197. The molecular formula is C18H20N4O. The molecule has 0 aliphatic rings. The lowest BCUT2D eigenvalue weighted by Crippen LogP contribution is -2.36. The van der Waals surface area contributed by atoms with Crippen LogP contribution in [0.25, 0.3) is 16.7 Å². The minimum atomic E-state index is -0.0952. The third-order valence-electron chi connectivity index (χ3n) is 4.22. The molecule has 2 amide bonds. The Morgan fingerprint density at radius 1 is 1.17 bits per heavy atom. The molecule has 0 fully saturated rings. The SMILES string of the molecule is CNC(=O)N(C)C(C)c1ccc(-n2cnc3ccccc32)cc1. The third kappa shape index (κ3) is 2.77. The van der Waals surface area contributed by atoms with Crippen molar-refractivity contribution in [2.45, 2.75) is 13.0 Å². The molecule has 3 rings (SSSR count). The van der Waals surface area contributed by atoms with Crippen molar-refractivity contribution in [3.8, 4) is 5.69 Å². The zero-order valence-electron chi connectivity index (χ0n) is 13.5. The number of hydrogen-bond acceptors (Lipinski definition) is 2. The van der Waals surface area contributed by atoms with Crippen LogP contribution in [0.5, 0.6) is 0 Å². The Morgan fingerprint density at radius 3 is 2.57 bits per heavy atom. The fourth-order valence-electron chi connectivity index (χ4n) is 2.65. The van der Waals surface area contributed by atoms with Gasteiger partial charge in [-0.2, -0.15) is 0 Å². The average molecular weight is 308 g/mol. The Kier molecular flexibility index (Phi) is 4.02. The zero-order chi connectivity index (χ0) is 16.4. The van der Waals surface area contributed by atoms with Crippen LogP contribution in [-0.2, 0) is 0 Å². The molecule has 1 N–H and O–H groups in total. The number of nitrogens with one attached hydrogen (secondary N) is 1. The smallest absolute Gasteiger partial charge is 0.317 e. The van der Waals surface area contributed by atoms with E-state index in [0.29, 0.717) is 0 Å².